The van der Waals surface area contributed by atoms with E-state index in [0.717, 1.165) is 16.9 Å². The Morgan fingerprint density at radius 3 is 2.17 bits per heavy atom. The molecule has 0 aliphatic carbocycles. The van der Waals surface area contributed by atoms with E-state index in [2.05, 4.69) is 5.32 Å². The molecule has 0 radical (unpaired) electrons. The van der Waals surface area contributed by atoms with Crippen LogP contribution in [0.1, 0.15) is 45.2 Å². The topological polar surface area (TPSA) is 95.9 Å². The Morgan fingerprint density at radius 1 is 0.810 bits per heavy atom. The van der Waals surface area contributed by atoms with Crippen LogP contribution in [0.5, 0.6) is 5.75 Å². The van der Waals surface area contributed by atoms with Gasteiger partial charge in [0.25, 0.3) is 11.8 Å². The maximum Gasteiger partial charge on any atom is 0.305 e. The summed E-state index contributed by atoms with van der Waals surface area (Å²) in [6, 6.07) is 27.5. The second-order valence-electron chi connectivity index (χ2n) is 9.67. The zero-order chi connectivity index (χ0) is 29.9. The molecule has 8 heteroatoms. The molecule has 0 bridgehead atoms. The first-order valence-corrected chi connectivity index (χ1v) is 13.8. The van der Waals surface area contributed by atoms with E-state index in [4.69, 9.17) is 4.74 Å². The molecule has 0 heterocycles. The molecule has 216 valence electrons. The predicted molar refractivity (Wildman–Crippen MR) is 159 cm³/mol. The number of hydrogen-bond donors (Lipinski definition) is 2. The molecule has 0 spiro atoms. The SMILES string of the molecule is CCOc1cccc(CCN(CCC(=O)O)C(=O)c2ccccc2-c2ccccc2C(=O)NCc2ccc(F)cc2)c1. The zero-order valence-corrected chi connectivity index (χ0v) is 23.4. The van der Waals surface area contributed by atoms with Gasteiger partial charge in [0, 0.05) is 30.8 Å². The van der Waals surface area contributed by atoms with Gasteiger partial charge in [-0.1, -0.05) is 60.7 Å². The summed E-state index contributed by atoms with van der Waals surface area (Å²) in [5.74, 6) is -1.28. The molecule has 0 aliphatic rings. The molecule has 0 atom stereocenters. The quantitative estimate of drug-likeness (QED) is 0.207. The average molecular weight is 569 g/mol. The molecular weight excluding hydrogens is 535 g/mol. The van der Waals surface area contributed by atoms with Crippen molar-refractivity contribution in [3.05, 3.63) is 125 Å². The molecule has 4 aromatic rings. The Balaban J connectivity index is 1.59. The molecule has 0 saturated carbocycles. The predicted octanol–water partition coefficient (Wildman–Crippen LogP) is 5.98. The number of halogens is 1. The van der Waals surface area contributed by atoms with E-state index in [1.807, 2.05) is 31.2 Å². The van der Waals surface area contributed by atoms with Crippen molar-refractivity contribution in [2.24, 2.45) is 0 Å². The fourth-order valence-corrected chi connectivity index (χ4v) is 4.64. The van der Waals surface area contributed by atoms with Gasteiger partial charge in [-0.15, -0.1) is 0 Å². The second kappa shape index (κ2) is 14.6. The summed E-state index contributed by atoms with van der Waals surface area (Å²) in [5.41, 5.74) is 3.59. The molecule has 4 rings (SSSR count). The van der Waals surface area contributed by atoms with Gasteiger partial charge in [0.2, 0.25) is 0 Å². The van der Waals surface area contributed by atoms with Crippen molar-refractivity contribution in [1.82, 2.24) is 10.2 Å². The first-order valence-electron chi connectivity index (χ1n) is 13.8. The molecule has 2 amide bonds. The minimum atomic E-state index is -0.998. The summed E-state index contributed by atoms with van der Waals surface area (Å²) in [6.45, 7) is 2.99. The van der Waals surface area contributed by atoms with Crippen molar-refractivity contribution in [3.8, 4) is 16.9 Å². The fraction of sp³-hybridized carbons (Fsp3) is 0.206. The lowest BCUT2D eigenvalue weighted by molar-refractivity contribution is -0.137. The van der Waals surface area contributed by atoms with Crippen LogP contribution in [0.3, 0.4) is 0 Å². The summed E-state index contributed by atoms with van der Waals surface area (Å²) in [6.07, 6.45) is 0.312. The van der Waals surface area contributed by atoms with Crippen LogP contribution in [0.2, 0.25) is 0 Å². The Kier molecular flexibility index (Phi) is 10.4. The van der Waals surface area contributed by atoms with Gasteiger partial charge >= 0.3 is 5.97 Å². The van der Waals surface area contributed by atoms with Crippen molar-refractivity contribution < 1.29 is 28.6 Å². The van der Waals surface area contributed by atoms with E-state index >= 15 is 0 Å². The van der Waals surface area contributed by atoms with Crippen LogP contribution in [0.4, 0.5) is 4.39 Å². The van der Waals surface area contributed by atoms with Gasteiger partial charge in [-0.25, -0.2) is 4.39 Å². The van der Waals surface area contributed by atoms with Crippen LogP contribution < -0.4 is 10.1 Å². The lowest BCUT2D eigenvalue weighted by Crippen LogP contribution is -2.35. The van der Waals surface area contributed by atoms with Crippen molar-refractivity contribution in [1.29, 1.82) is 0 Å². The van der Waals surface area contributed by atoms with Gasteiger partial charge in [-0.05, 0) is 72.0 Å². The van der Waals surface area contributed by atoms with E-state index in [9.17, 15) is 23.9 Å². The number of ether oxygens (including phenoxy) is 1. The molecule has 2 N–H and O–H groups in total. The third kappa shape index (κ3) is 8.04. The molecule has 42 heavy (non-hydrogen) atoms. The molecular formula is C34H33FN2O5. The van der Waals surface area contributed by atoms with E-state index < -0.39 is 5.97 Å². The number of nitrogens with zero attached hydrogens (tertiary/aromatic N) is 1. The number of nitrogens with one attached hydrogen (secondary N) is 1. The molecule has 0 unspecified atom stereocenters. The van der Waals surface area contributed by atoms with Gasteiger partial charge in [0.15, 0.2) is 0 Å². The highest BCUT2D eigenvalue weighted by Crippen LogP contribution is 2.29. The van der Waals surface area contributed by atoms with Crippen LogP contribution in [0.15, 0.2) is 97.1 Å². The number of rotatable bonds is 13. The fourth-order valence-electron chi connectivity index (χ4n) is 4.64. The smallest absolute Gasteiger partial charge is 0.305 e. The van der Waals surface area contributed by atoms with Crippen LogP contribution in [0.25, 0.3) is 11.1 Å². The number of aliphatic carboxylic acids is 1. The lowest BCUT2D eigenvalue weighted by Gasteiger charge is -2.24. The Hall–Kier alpha value is -4.98. The summed E-state index contributed by atoms with van der Waals surface area (Å²) in [7, 11) is 0. The summed E-state index contributed by atoms with van der Waals surface area (Å²) in [5, 5.41) is 12.2. The maximum atomic E-state index is 13.9. The van der Waals surface area contributed by atoms with E-state index in [1.165, 1.54) is 17.0 Å². The van der Waals surface area contributed by atoms with E-state index in [-0.39, 0.29) is 37.1 Å². The second-order valence-corrected chi connectivity index (χ2v) is 9.67. The molecule has 4 aromatic carbocycles. The third-order valence-corrected chi connectivity index (χ3v) is 6.75. The molecule has 7 nitrogen and oxygen atoms in total. The van der Waals surface area contributed by atoms with Gasteiger partial charge in [-0.2, -0.15) is 0 Å². The van der Waals surface area contributed by atoms with Gasteiger partial charge in [0.05, 0.1) is 13.0 Å². The number of amides is 2. The Bertz CT molecular complexity index is 1540. The highest BCUT2D eigenvalue weighted by atomic mass is 19.1. The third-order valence-electron chi connectivity index (χ3n) is 6.75. The first-order chi connectivity index (χ1) is 20.4. The normalized spacial score (nSPS) is 10.6. The number of benzene rings is 4. The summed E-state index contributed by atoms with van der Waals surface area (Å²) in [4.78, 5) is 40.2. The minimum Gasteiger partial charge on any atom is -0.494 e. The minimum absolute atomic E-state index is 0.0352. The molecule has 0 fully saturated rings. The van der Waals surface area contributed by atoms with Gasteiger partial charge in [0.1, 0.15) is 11.6 Å². The van der Waals surface area contributed by atoms with Crippen molar-refractivity contribution in [2.45, 2.75) is 26.3 Å². The number of carboxylic acids is 1. The van der Waals surface area contributed by atoms with Crippen molar-refractivity contribution >= 4 is 17.8 Å². The van der Waals surface area contributed by atoms with E-state index in [0.29, 0.717) is 41.8 Å². The lowest BCUT2D eigenvalue weighted by atomic mass is 9.94. The largest absolute Gasteiger partial charge is 0.494 e. The summed E-state index contributed by atoms with van der Waals surface area (Å²) < 4.78 is 18.9. The van der Waals surface area contributed by atoms with Crippen LogP contribution >= 0.6 is 0 Å². The summed E-state index contributed by atoms with van der Waals surface area (Å²) >= 11 is 0. The molecule has 0 saturated heterocycles. The van der Waals surface area contributed by atoms with Crippen LogP contribution in [-0.4, -0.2) is 47.5 Å². The van der Waals surface area contributed by atoms with Gasteiger partial charge in [-0.3, -0.25) is 14.4 Å². The first kappa shape index (κ1) is 30.0. The molecule has 0 aromatic heterocycles. The van der Waals surface area contributed by atoms with Crippen molar-refractivity contribution in [2.75, 3.05) is 19.7 Å². The van der Waals surface area contributed by atoms with Crippen molar-refractivity contribution in [3.63, 3.8) is 0 Å². The maximum absolute atomic E-state index is 13.9. The standard InChI is InChI=1S/C34H33FN2O5/c1-2-42-27-9-7-8-24(22-27)18-20-37(21-19-32(38)39)34(41)31-13-6-4-11-29(31)28-10-3-5-12-30(28)33(40)36-23-25-14-16-26(35)17-15-25/h3-17,22H,2,18-21,23H2,1H3,(H,36,40)(H,38,39). The molecule has 0 aliphatic heterocycles. The van der Waals surface area contributed by atoms with E-state index in [1.54, 1.807) is 60.7 Å². The highest BCUT2D eigenvalue weighted by Gasteiger charge is 2.22. The number of carboxylic acid groups (broad SMARTS) is 1. The highest BCUT2D eigenvalue weighted by molar-refractivity contribution is 6.06. The van der Waals surface area contributed by atoms with Crippen LogP contribution in [0, 0.1) is 5.82 Å². The average Bonchev–Trinajstić information content (AvgIpc) is 3.00. The monoisotopic (exact) mass is 568 g/mol. The Labute approximate surface area is 244 Å². The Morgan fingerprint density at radius 2 is 1.48 bits per heavy atom. The van der Waals surface area contributed by atoms with Crippen LogP contribution in [-0.2, 0) is 17.8 Å². The number of carbonyl (C=O) groups excluding carboxylic acids is 2. The zero-order valence-electron chi connectivity index (χ0n) is 23.4. The number of carbonyl (C=O) groups is 3. The number of hydrogen-bond acceptors (Lipinski definition) is 4. The van der Waals surface area contributed by atoms with Gasteiger partial charge < -0.3 is 20.1 Å².